The molecule has 1 fully saturated rings. The van der Waals surface area contributed by atoms with Gasteiger partial charge in [0.25, 0.3) is 0 Å². The minimum absolute atomic E-state index is 0.224. The lowest BCUT2D eigenvalue weighted by Crippen LogP contribution is -2.16. The van der Waals surface area contributed by atoms with Crippen molar-refractivity contribution in [2.24, 2.45) is 0 Å². The van der Waals surface area contributed by atoms with Crippen molar-refractivity contribution in [2.45, 2.75) is 32.4 Å². The second-order valence-electron chi connectivity index (χ2n) is 6.48. The number of nitrogens with one attached hydrogen (secondary N) is 1. The van der Waals surface area contributed by atoms with Crippen LogP contribution in [0.25, 0.3) is 0 Å². The van der Waals surface area contributed by atoms with Crippen molar-refractivity contribution in [3.05, 3.63) is 54.1 Å². The fraction of sp³-hybridized carbons (Fsp3) is 0.455. The number of hydrogen-bond donors (Lipinski definition) is 1. The molecule has 2 aromatic carbocycles. The van der Waals surface area contributed by atoms with E-state index in [1.807, 2.05) is 49.4 Å². The molecule has 1 saturated heterocycles. The molecule has 27 heavy (non-hydrogen) atoms. The first-order valence-electron chi connectivity index (χ1n) is 9.72. The van der Waals surface area contributed by atoms with Crippen LogP contribution in [0, 0.1) is 0 Å². The van der Waals surface area contributed by atoms with Gasteiger partial charge in [-0.15, -0.1) is 0 Å². The van der Waals surface area contributed by atoms with Gasteiger partial charge >= 0.3 is 0 Å². The number of rotatable bonds is 11. The van der Waals surface area contributed by atoms with Crippen LogP contribution in [0.5, 0.6) is 11.5 Å². The second kappa shape index (κ2) is 10.8. The van der Waals surface area contributed by atoms with Crippen LogP contribution < -0.4 is 14.8 Å². The summed E-state index contributed by atoms with van der Waals surface area (Å²) in [6.45, 7) is 5.98. The minimum Gasteiger partial charge on any atom is -0.491 e. The summed E-state index contributed by atoms with van der Waals surface area (Å²) in [4.78, 5) is 0. The zero-order chi connectivity index (χ0) is 18.7. The maximum Gasteiger partial charge on any atom is 0.124 e. The van der Waals surface area contributed by atoms with Crippen LogP contribution in [0.3, 0.4) is 0 Å². The predicted octanol–water partition coefficient (Wildman–Crippen LogP) is 4.27. The van der Waals surface area contributed by atoms with Gasteiger partial charge < -0.3 is 24.3 Å². The number of benzene rings is 2. The first kappa shape index (κ1) is 19.5. The van der Waals surface area contributed by atoms with E-state index in [-0.39, 0.29) is 6.10 Å². The van der Waals surface area contributed by atoms with E-state index < -0.39 is 0 Å². The van der Waals surface area contributed by atoms with Crippen molar-refractivity contribution in [2.75, 3.05) is 38.4 Å². The van der Waals surface area contributed by atoms with Crippen LogP contribution in [-0.4, -0.2) is 39.1 Å². The van der Waals surface area contributed by atoms with Crippen LogP contribution in [0.1, 0.15) is 25.3 Å². The molecule has 5 nitrogen and oxygen atoms in total. The average Bonchev–Trinajstić information content (AvgIpc) is 3.23. The SMILES string of the molecule is CCOCCOc1ccccc1CNc1cccc(OCC2CCCO2)c1. The van der Waals surface area contributed by atoms with Crippen LogP contribution >= 0.6 is 0 Å². The molecule has 1 N–H and O–H groups in total. The van der Waals surface area contributed by atoms with E-state index in [4.69, 9.17) is 18.9 Å². The molecule has 5 heteroatoms. The van der Waals surface area contributed by atoms with E-state index in [0.717, 1.165) is 42.2 Å². The molecule has 3 rings (SSSR count). The van der Waals surface area contributed by atoms with Gasteiger partial charge in [-0.05, 0) is 38.0 Å². The Balaban J connectivity index is 1.51. The first-order valence-corrected chi connectivity index (χ1v) is 9.72. The molecule has 0 amide bonds. The van der Waals surface area contributed by atoms with Gasteiger partial charge in [0, 0.05) is 37.1 Å². The van der Waals surface area contributed by atoms with Crippen LogP contribution in [0.2, 0.25) is 0 Å². The molecule has 0 spiro atoms. The molecule has 2 aromatic rings. The van der Waals surface area contributed by atoms with Gasteiger partial charge in [-0.1, -0.05) is 24.3 Å². The Labute approximate surface area is 161 Å². The van der Waals surface area contributed by atoms with Gasteiger partial charge in [0.05, 0.1) is 12.7 Å². The van der Waals surface area contributed by atoms with Crippen molar-refractivity contribution in [1.82, 2.24) is 0 Å². The Morgan fingerprint density at radius 2 is 2.00 bits per heavy atom. The van der Waals surface area contributed by atoms with Gasteiger partial charge in [-0.2, -0.15) is 0 Å². The number of anilines is 1. The van der Waals surface area contributed by atoms with E-state index in [9.17, 15) is 0 Å². The lowest BCUT2D eigenvalue weighted by Gasteiger charge is -2.14. The Morgan fingerprint density at radius 1 is 1.07 bits per heavy atom. The summed E-state index contributed by atoms with van der Waals surface area (Å²) in [5.41, 5.74) is 2.13. The normalized spacial score (nSPS) is 16.3. The van der Waals surface area contributed by atoms with E-state index in [1.165, 1.54) is 0 Å². The average molecular weight is 371 g/mol. The minimum atomic E-state index is 0.224. The first-order chi connectivity index (χ1) is 13.3. The van der Waals surface area contributed by atoms with Crippen LogP contribution in [0.15, 0.2) is 48.5 Å². The van der Waals surface area contributed by atoms with E-state index in [1.54, 1.807) is 0 Å². The maximum absolute atomic E-state index is 5.88. The highest BCUT2D eigenvalue weighted by atomic mass is 16.5. The van der Waals surface area contributed by atoms with Gasteiger partial charge in [0.15, 0.2) is 0 Å². The molecule has 1 aliphatic rings. The maximum atomic E-state index is 5.88. The molecular weight excluding hydrogens is 342 g/mol. The molecule has 1 unspecified atom stereocenters. The quantitative estimate of drug-likeness (QED) is 0.598. The van der Waals surface area contributed by atoms with Gasteiger partial charge in [0.2, 0.25) is 0 Å². The molecule has 0 bridgehead atoms. The topological polar surface area (TPSA) is 49.0 Å². The highest BCUT2D eigenvalue weighted by molar-refractivity contribution is 5.49. The Morgan fingerprint density at radius 3 is 2.85 bits per heavy atom. The number of hydrogen-bond acceptors (Lipinski definition) is 5. The molecule has 146 valence electrons. The van der Waals surface area contributed by atoms with Crippen molar-refractivity contribution >= 4 is 5.69 Å². The summed E-state index contributed by atoms with van der Waals surface area (Å²) in [6.07, 6.45) is 2.43. The smallest absolute Gasteiger partial charge is 0.124 e. The van der Waals surface area contributed by atoms with E-state index in [2.05, 4.69) is 11.4 Å². The summed E-state index contributed by atoms with van der Waals surface area (Å²) in [5.74, 6) is 1.74. The third-order valence-corrected chi connectivity index (χ3v) is 4.44. The van der Waals surface area contributed by atoms with Gasteiger partial charge in [-0.25, -0.2) is 0 Å². The predicted molar refractivity (Wildman–Crippen MR) is 107 cm³/mol. The number of para-hydroxylation sites is 1. The zero-order valence-electron chi connectivity index (χ0n) is 16.0. The van der Waals surface area contributed by atoms with Crippen LogP contribution in [0.4, 0.5) is 5.69 Å². The highest BCUT2D eigenvalue weighted by Crippen LogP contribution is 2.22. The number of ether oxygens (including phenoxy) is 4. The van der Waals surface area contributed by atoms with Crippen molar-refractivity contribution in [1.29, 1.82) is 0 Å². The van der Waals surface area contributed by atoms with Crippen molar-refractivity contribution < 1.29 is 18.9 Å². The largest absolute Gasteiger partial charge is 0.491 e. The molecule has 1 heterocycles. The van der Waals surface area contributed by atoms with E-state index in [0.29, 0.717) is 33.0 Å². The lowest BCUT2D eigenvalue weighted by molar-refractivity contribution is 0.0680. The molecular formula is C22H29NO4. The fourth-order valence-corrected chi connectivity index (χ4v) is 3.00. The van der Waals surface area contributed by atoms with Crippen molar-refractivity contribution in [3.63, 3.8) is 0 Å². The van der Waals surface area contributed by atoms with Crippen LogP contribution in [-0.2, 0) is 16.0 Å². The summed E-state index contributed by atoms with van der Waals surface area (Å²) in [7, 11) is 0. The Bertz CT molecular complexity index is 686. The fourth-order valence-electron chi connectivity index (χ4n) is 3.00. The highest BCUT2D eigenvalue weighted by Gasteiger charge is 2.16. The molecule has 1 atom stereocenters. The molecule has 0 saturated carbocycles. The summed E-state index contributed by atoms with van der Waals surface area (Å²) < 4.78 is 22.7. The molecule has 1 aliphatic heterocycles. The summed E-state index contributed by atoms with van der Waals surface area (Å²) in [5, 5.41) is 3.45. The van der Waals surface area contributed by atoms with Gasteiger partial charge in [-0.3, -0.25) is 0 Å². The van der Waals surface area contributed by atoms with Crippen molar-refractivity contribution in [3.8, 4) is 11.5 Å². The second-order valence-corrected chi connectivity index (χ2v) is 6.48. The Hall–Kier alpha value is -2.24. The lowest BCUT2D eigenvalue weighted by atomic mass is 10.2. The molecule has 0 aliphatic carbocycles. The monoisotopic (exact) mass is 371 g/mol. The standard InChI is InChI=1S/C22H29NO4/c1-2-24-13-14-26-22-11-4-3-7-18(22)16-23-19-8-5-9-20(15-19)27-17-21-10-6-12-25-21/h3-5,7-9,11,15,21,23H,2,6,10,12-14,16-17H2,1H3. The molecule has 0 aromatic heterocycles. The van der Waals surface area contributed by atoms with E-state index >= 15 is 0 Å². The summed E-state index contributed by atoms with van der Waals surface area (Å²) >= 11 is 0. The zero-order valence-corrected chi connectivity index (χ0v) is 16.0. The molecule has 0 radical (unpaired) electrons. The Kier molecular flexibility index (Phi) is 7.81. The van der Waals surface area contributed by atoms with Gasteiger partial charge in [0.1, 0.15) is 24.7 Å². The third kappa shape index (κ3) is 6.45. The third-order valence-electron chi connectivity index (χ3n) is 4.44. The summed E-state index contributed by atoms with van der Waals surface area (Å²) in [6, 6.07) is 16.1.